The zero-order valence-electron chi connectivity index (χ0n) is 19.9. The van der Waals surface area contributed by atoms with Gasteiger partial charge in [0.25, 0.3) is 5.56 Å². The summed E-state index contributed by atoms with van der Waals surface area (Å²) < 4.78 is 1.30. The van der Waals surface area contributed by atoms with Crippen LogP contribution in [0.4, 0.5) is 11.5 Å². The number of carbonyl (C=O) groups excluding carboxylic acids is 1. The molecular formula is C29H28N4O3. The van der Waals surface area contributed by atoms with Crippen molar-refractivity contribution in [3.05, 3.63) is 128 Å². The molecule has 0 radical (unpaired) electrons. The highest BCUT2D eigenvalue weighted by atomic mass is 16.2. The number of amides is 1. The van der Waals surface area contributed by atoms with Crippen molar-refractivity contribution in [2.24, 2.45) is 0 Å². The monoisotopic (exact) mass is 480 g/mol. The summed E-state index contributed by atoms with van der Waals surface area (Å²) in [5, 5.41) is 0. The van der Waals surface area contributed by atoms with Gasteiger partial charge in [0, 0.05) is 0 Å². The summed E-state index contributed by atoms with van der Waals surface area (Å²) in [5.41, 5.74) is 10.3. The predicted octanol–water partition coefficient (Wildman–Crippen LogP) is 3.43. The molecule has 1 aliphatic rings. The summed E-state index contributed by atoms with van der Waals surface area (Å²) in [6.07, 6.45) is 3.33. The van der Waals surface area contributed by atoms with Gasteiger partial charge in [-0.3, -0.25) is 24.0 Å². The van der Waals surface area contributed by atoms with Crippen LogP contribution in [0, 0.1) is 0 Å². The van der Waals surface area contributed by atoms with Gasteiger partial charge in [-0.2, -0.15) is 0 Å². The Morgan fingerprint density at radius 3 is 2.25 bits per heavy atom. The Morgan fingerprint density at radius 2 is 1.53 bits per heavy atom. The summed E-state index contributed by atoms with van der Waals surface area (Å²) >= 11 is 0. The van der Waals surface area contributed by atoms with Gasteiger partial charge in [-0.15, -0.1) is 0 Å². The number of anilines is 2. The molecule has 0 atom stereocenters. The number of fused-ring (bicyclic) bond motifs is 1. The molecule has 5 rings (SSSR count). The summed E-state index contributed by atoms with van der Waals surface area (Å²) in [6, 6.07) is 24.9. The number of hydrogen-bond donors (Lipinski definition) is 2. The SMILES string of the molecule is Nc1c(N(Cc2ccccc2)C(=O)Cc2ccc3c(c2)CCC3)c(=O)[nH]c(=O)n1Cc1ccccc1. The molecule has 0 fully saturated rings. The van der Waals surface area contributed by atoms with E-state index in [1.165, 1.54) is 20.6 Å². The molecule has 7 nitrogen and oxygen atoms in total. The fourth-order valence-electron chi connectivity index (χ4n) is 4.82. The van der Waals surface area contributed by atoms with E-state index in [4.69, 9.17) is 5.73 Å². The van der Waals surface area contributed by atoms with Crippen molar-refractivity contribution in [2.45, 2.75) is 38.8 Å². The van der Waals surface area contributed by atoms with Gasteiger partial charge >= 0.3 is 5.69 Å². The summed E-state index contributed by atoms with van der Waals surface area (Å²) in [5.74, 6) is -0.301. The molecule has 182 valence electrons. The number of nitrogen functional groups attached to an aromatic ring is 1. The second-order valence-electron chi connectivity index (χ2n) is 9.16. The fourth-order valence-corrected chi connectivity index (χ4v) is 4.82. The first-order valence-electron chi connectivity index (χ1n) is 12.1. The van der Waals surface area contributed by atoms with Crippen LogP contribution in [0.25, 0.3) is 0 Å². The first-order valence-corrected chi connectivity index (χ1v) is 12.1. The quantitative estimate of drug-likeness (QED) is 0.423. The van der Waals surface area contributed by atoms with Crippen LogP contribution in [0.3, 0.4) is 0 Å². The first-order chi connectivity index (χ1) is 17.5. The number of aromatic nitrogens is 2. The number of nitrogens with one attached hydrogen (secondary N) is 1. The number of carbonyl (C=O) groups is 1. The highest BCUT2D eigenvalue weighted by Gasteiger charge is 2.25. The Kier molecular flexibility index (Phi) is 6.54. The second kappa shape index (κ2) is 10.1. The molecule has 1 amide bonds. The van der Waals surface area contributed by atoms with Crippen LogP contribution in [0.1, 0.15) is 34.2 Å². The lowest BCUT2D eigenvalue weighted by atomic mass is 10.0. The lowest BCUT2D eigenvalue weighted by Gasteiger charge is -2.25. The molecule has 0 unspecified atom stereocenters. The van der Waals surface area contributed by atoms with E-state index in [-0.39, 0.29) is 36.9 Å². The molecule has 4 aromatic rings. The van der Waals surface area contributed by atoms with E-state index in [2.05, 4.69) is 17.1 Å². The smallest absolute Gasteiger partial charge is 0.330 e. The van der Waals surface area contributed by atoms with Gasteiger partial charge in [-0.25, -0.2) is 4.79 Å². The van der Waals surface area contributed by atoms with Gasteiger partial charge in [0.2, 0.25) is 5.91 Å². The Bertz CT molecular complexity index is 1510. The maximum absolute atomic E-state index is 13.7. The van der Waals surface area contributed by atoms with E-state index >= 15 is 0 Å². The molecule has 36 heavy (non-hydrogen) atoms. The summed E-state index contributed by atoms with van der Waals surface area (Å²) in [4.78, 5) is 43.2. The van der Waals surface area contributed by atoms with Crippen LogP contribution in [-0.2, 0) is 37.1 Å². The maximum atomic E-state index is 13.7. The standard InChI is InChI=1S/C29H28N4O3/c30-27-26(28(35)31-29(36)33(27)19-21-10-5-2-6-11-21)32(18-20-8-3-1-4-9-20)25(34)17-22-14-15-23-12-7-13-24(23)16-22/h1-6,8-11,14-16H,7,12-13,17-19,30H2,(H,31,35,36). The maximum Gasteiger partial charge on any atom is 0.330 e. The largest absolute Gasteiger partial charge is 0.383 e. The van der Waals surface area contributed by atoms with Gasteiger partial charge in [-0.1, -0.05) is 78.9 Å². The first kappa shape index (κ1) is 23.4. The fraction of sp³-hybridized carbons (Fsp3) is 0.207. The molecule has 1 aliphatic carbocycles. The third-order valence-corrected chi connectivity index (χ3v) is 6.67. The van der Waals surface area contributed by atoms with E-state index in [0.717, 1.165) is 36.0 Å². The van der Waals surface area contributed by atoms with E-state index in [1.807, 2.05) is 66.7 Å². The molecule has 3 aromatic carbocycles. The summed E-state index contributed by atoms with van der Waals surface area (Å²) in [6.45, 7) is 0.328. The van der Waals surface area contributed by atoms with Crippen LogP contribution < -0.4 is 21.9 Å². The van der Waals surface area contributed by atoms with Crippen LogP contribution in [0.15, 0.2) is 88.5 Å². The minimum Gasteiger partial charge on any atom is -0.383 e. The molecule has 1 heterocycles. The van der Waals surface area contributed by atoms with E-state index in [9.17, 15) is 14.4 Å². The minimum absolute atomic E-state index is 0.0134. The number of nitrogens with two attached hydrogens (primary N) is 1. The van der Waals surface area contributed by atoms with Crippen LogP contribution in [-0.4, -0.2) is 15.5 Å². The van der Waals surface area contributed by atoms with Gasteiger partial charge in [0.15, 0.2) is 5.69 Å². The molecule has 0 spiro atoms. The van der Waals surface area contributed by atoms with E-state index in [1.54, 1.807) is 0 Å². The normalized spacial score (nSPS) is 12.3. The van der Waals surface area contributed by atoms with Crippen molar-refractivity contribution in [2.75, 3.05) is 10.6 Å². The van der Waals surface area contributed by atoms with Crippen molar-refractivity contribution in [3.8, 4) is 0 Å². The Morgan fingerprint density at radius 1 is 0.861 bits per heavy atom. The summed E-state index contributed by atoms with van der Waals surface area (Å²) in [7, 11) is 0. The Labute approximate surface area is 208 Å². The van der Waals surface area contributed by atoms with Crippen LogP contribution >= 0.6 is 0 Å². The lowest BCUT2D eigenvalue weighted by Crippen LogP contribution is -2.41. The Balaban J connectivity index is 1.54. The molecule has 0 saturated carbocycles. The van der Waals surface area contributed by atoms with Gasteiger partial charge < -0.3 is 5.73 Å². The van der Waals surface area contributed by atoms with Gasteiger partial charge in [0.05, 0.1) is 19.5 Å². The van der Waals surface area contributed by atoms with Crippen LogP contribution in [0.5, 0.6) is 0 Å². The lowest BCUT2D eigenvalue weighted by molar-refractivity contribution is -0.118. The predicted molar refractivity (Wildman–Crippen MR) is 141 cm³/mol. The molecule has 7 heteroatoms. The molecule has 1 aromatic heterocycles. The van der Waals surface area contributed by atoms with Gasteiger partial charge in [0.1, 0.15) is 5.82 Å². The molecule has 0 saturated heterocycles. The van der Waals surface area contributed by atoms with Crippen molar-refractivity contribution < 1.29 is 4.79 Å². The highest BCUT2D eigenvalue weighted by molar-refractivity contribution is 5.96. The number of nitrogens with zero attached hydrogens (tertiary/aromatic N) is 2. The zero-order chi connectivity index (χ0) is 25.1. The number of rotatable bonds is 7. The number of aryl methyl sites for hydroxylation is 2. The van der Waals surface area contributed by atoms with Gasteiger partial charge in [-0.05, 0) is 47.1 Å². The second-order valence-corrected chi connectivity index (χ2v) is 9.16. The van der Waals surface area contributed by atoms with Crippen molar-refractivity contribution in [3.63, 3.8) is 0 Å². The van der Waals surface area contributed by atoms with Crippen molar-refractivity contribution in [1.82, 2.24) is 9.55 Å². The number of benzene rings is 3. The molecule has 0 bridgehead atoms. The minimum atomic E-state index is -0.681. The number of aromatic amines is 1. The molecule has 3 N–H and O–H groups in total. The number of hydrogen-bond acceptors (Lipinski definition) is 4. The van der Waals surface area contributed by atoms with Crippen LogP contribution in [0.2, 0.25) is 0 Å². The zero-order valence-corrected chi connectivity index (χ0v) is 19.9. The number of H-pyrrole nitrogens is 1. The van der Waals surface area contributed by atoms with Crippen molar-refractivity contribution >= 4 is 17.4 Å². The third-order valence-electron chi connectivity index (χ3n) is 6.67. The Hall–Kier alpha value is -4.39. The van der Waals surface area contributed by atoms with E-state index < -0.39 is 11.2 Å². The average Bonchev–Trinajstić information content (AvgIpc) is 3.35. The average molecular weight is 481 g/mol. The van der Waals surface area contributed by atoms with E-state index in [0.29, 0.717) is 0 Å². The third kappa shape index (κ3) is 4.86. The molecule has 0 aliphatic heterocycles. The van der Waals surface area contributed by atoms with Crippen molar-refractivity contribution in [1.29, 1.82) is 0 Å². The highest BCUT2D eigenvalue weighted by Crippen LogP contribution is 2.25. The molecular weight excluding hydrogens is 452 g/mol. The topological polar surface area (TPSA) is 101 Å².